The fourth-order valence-corrected chi connectivity index (χ4v) is 3.08. The number of nitrogens with one attached hydrogen (secondary N) is 1. The van der Waals surface area contributed by atoms with Gasteiger partial charge in [-0.15, -0.1) is 0 Å². The molecule has 0 atom stereocenters. The van der Waals surface area contributed by atoms with Gasteiger partial charge >= 0.3 is 0 Å². The van der Waals surface area contributed by atoms with E-state index in [0.717, 1.165) is 22.5 Å². The third kappa shape index (κ3) is 2.91. The smallest absolute Gasteiger partial charge is 0.270 e. The molecule has 4 rings (SSSR count). The van der Waals surface area contributed by atoms with Gasteiger partial charge in [-0.2, -0.15) is 0 Å². The molecule has 0 bridgehead atoms. The molecule has 0 saturated carbocycles. The maximum atomic E-state index is 12.2. The van der Waals surface area contributed by atoms with E-state index in [1.54, 1.807) is 18.6 Å². The van der Waals surface area contributed by atoms with Crippen LogP contribution in [-0.4, -0.2) is 43.0 Å². The van der Waals surface area contributed by atoms with Gasteiger partial charge in [-0.3, -0.25) is 19.6 Å². The van der Waals surface area contributed by atoms with Crippen molar-refractivity contribution in [1.29, 1.82) is 0 Å². The number of aromatic amines is 1. The van der Waals surface area contributed by atoms with Crippen LogP contribution < -0.4 is 10.5 Å². The van der Waals surface area contributed by atoms with Gasteiger partial charge in [0.1, 0.15) is 0 Å². The van der Waals surface area contributed by atoms with Crippen LogP contribution in [0.25, 0.3) is 11.3 Å². The summed E-state index contributed by atoms with van der Waals surface area (Å²) in [6.45, 7) is 1.42. The minimum absolute atomic E-state index is 0.0475. The summed E-state index contributed by atoms with van der Waals surface area (Å²) in [6.07, 6.45) is 5.86. The van der Waals surface area contributed by atoms with Crippen LogP contribution in [0.15, 0.2) is 41.6 Å². The number of nitrogens with zero attached hydrogens (tertiary/aromatic N) is 5. The summed E-state index contributed by atoms with van der Waals surface area (Å²) < 4.78 is 1.46. The van der Waals surface area contributed by atoms with Crippen LogP contribution in [0.4, 0.5) is 5.95 Å². The second-order valence-corrected chi connectivity index (χ2v) is 5.90. The lowest BCUT2D eigenvalue weighted by molar-refractivity contribution is 0.267. The van der Waals surface area contributed by atoms with Crippen LogP contribution in [0, 0.1) is 0 Å². The normalized spacial score (nSPS) is 13.7. The fraction of sp³-hybridized carbons (Fsp3) is 0.294. The second-order valence-electron chi connectivity index (χ2n) is 5.90. The Morgan fingerprint density at radius 3 is 3.00 bits per heavy atom. The molecule has 0 fully saturated rings. The lowest BCUT2D eigenvalue weighted by Gasteiger charge is -2.26. The van der Waals surface area contributed by atoms with E-state index in [-0.39, 0.29) is 18.7 Å². The molecule has 1 aliphatic rings. The molecule has 2 N–H and O–H groups in total. The molecule has 0 saturated heterocycles. The zero-order valence-electron chi connectivity index (χ0n) is 13.6. The SMILES string of the molecule is O=c1c2c([nH]n1CCO)CN(c1nccc(-c3cccnc3)n1)CC2. The van der Waals surface area contributed by atoms with E-state index in [1.165, 1.54) is 4.68 Å². The third-order valence-electron chi connectivity index (χ3n) is 4.32. The molecule has 0 aliphatic carbocycles. The average molecular weight is 338 g/mol. The number of fused-ring (bicyclic) bond motifs is 1. The number of H-pyrrole nitrogens is 1. The number of hydrogen-bond donors (Lipinski definition) is 2. The number of aliphatic hydroxyl groups is 1. The van der Waals surface area contributed by atoms with E-state index in [1.807, 2.05) is 23.1 Å². The summed E-state index contributed by atoms with van der Waals surface area (Å²) in [5.74, 6) is 0.628. The average Bonchev–Trinajstić information content (AvgIpc) is 2.98. The van der Waals surface area contributed by atoms with Gasteiger partial charge in [0.15, 0.2) is 0 Å². The fourth-order valence-electron chi connectivity index (χ4n) is 3.08. The number of hydrogen-bond acceptors (Lipinski definition) is 6. The molecule has 0 amide bonds. The van der Waals surface area contributed by atoms with Gasteiger partial charge in [-0.25, -0.2) is 9.97 Å². The predicted molar refractivity (Wildman–Crippen MR) is 92.2 cm³/mol. The van der Waals surface area contributed by atoms with Crippen molar-refractivity contribution in [2.75, 3.05) is 18.1 Å². The number of anilines is 1. The van der Waals surface area contributed by atoms with Crippen LogP contribution in [0.2, 0.25) is 0 Å². The Labute approximate surface area is 143 Å². The van der Waals surface area contributed by atoms with Crippen LogP contribution in [0.5, 0.6) is 0 Å². The summed E-state index contributed by atoms with van der Waals surface area (Å²) in [4.78, 5) is 27.4. The van der Waals surface area contributed by atoms with Crippen molar-refractivity contribution in [2.24, 2.45) is 0 Å². The topological polar surface area (TPSA) is 99.9 Å². The molecule has 1 aliphatic heterocycles. The third-order valence-corrected chi connectivity index (χ3v) is 4.32. The van der Waals surface area contributed by atoms with Crippen molar-refractivity contribution < 1.29 is 5.11 Å². The maximum absolute atomic E-state index is 12.2. The lowest BCUT2D eigenvalue weighted by atomic mass is 10.1. The van der Waals surface area contributed by atoms with Crippen molar-refractivity contribution in [3.63, 3.8) is 0 Å². The maximum Gasteiger partial charge on any atom is 0.270 e. The Bertz CT molecular complexity index is 934. The molecule has 8 nitrogen and oxygen atoms in total. The monoisotopic (exact) mass is 338 g/mol. The predicted octanol–water partition coefficient (Wildman–Crippen LogP) is 0.583. The van der Waals surface area contributed by atoms with Crippen LogP contribution in [-0.2, 0) is 19.5 Å². The van der Waals surface area contributed by atoms with Crippen molar-refractivity contribution in [3.05, 3.63) is 58.4 Å². The molecule has 128 valence electrons. The largest absolute Gasteiger partial charge is 0.394 e. The molecular formula is C17H18N6O2. The van der Waals surface area contributed by atoms with Crippen molar-refractivity contribution in [1.82, 2.24) is 24.7 Å². The first-order chi connectivity index (χ1) is 12.3. The minimum atomic E-state index is -0.0702. The molecule has 8 heteroatoms. The molecule has 0 radical (unpaired) electrons. The highest BCUT2D eigenvalue weighted by Gasteiger charge is 2.24. The molecule has 3 aromatic rings. The molecule has 0 aromatic carbocycles. The van der Waals surface area contributed by atoms with Gasteiger partial charge in [-0.1, -0.05) is 0 Å². The van der Waals surface area contributed by atoms with E-state index >= 15 is 0 Å². The summed E-state index contributed by atoms with van der Waals surface area (Å²) in [6, 6.07) is 5.69. The van der Waals surface area contributed by atoms with Gasteiger partial charge in [0.2, 0.25) is 5.95 Å². The Balaban J connectivity index is 1.62. The van der Waals surface area contributed by atoms with Gasteiger partial charge in [0, 0.05) is 36.3 Å². The first kappa shape index (κ1) is 15.5. The standard InChI is InChI=1S/C17H18N6O2/c24-9-8-23-16(25)13-4-7-22(11-15(13)21-23)17-19-6-3-14(20-17)12-2-1-5-18-10-12/h1-3,5-6,10,21,24H,4,7-9,11H2. The molecule has 25 heavy (non-hydrogen) atoms. The highest BCUT2D eigenvalue weighted by Crippen LogP contribution is 2.22. The van der Waals surface area contributed by atoms with Crippen LogP contribution >= 0.6 is 0 Å². The molecular weight excluding hydrogens is 320 g/mol. The summed E-state index contributed by atoms with van der Waals surface area (Å²) in [5.41, 5.74) is 3.35. The Morgan fingerprint density at radius 1 is 1.28 bits per heavy atom. The second kappa shape index (κ2) is 6.48. The Morgan fingerprint density at radius 2 is 2.20 bits per heavy atom. The highest BCUT2D eigenvalue weighted by molar-refractivity contribution is 5.58. The zero-order chi connectivity index (χ0) is 17.2. The lowest BCUT2D eigenvalue weighted by Crippen LogP contribution is -2.33. The quantitative estimate of drug-likeness (QED) is 0.722. The molecule has 0 unspecified atom stereocenters. The number of aliphatic hydroxyl groups excluding tert-OH is 1. The Hall–Kier alpha value is -3.00. The van der Waals surface area contributed by atoms with E-state index in [9.17, 15) is 4.79 Å². The minimum Gasteiger partial charge on any atom is -0.394 e. The number of rotatable bonds is 4. The van der Waals surface area contributed by atoms with Crippen LogP contribution in [0.1, 0.15) is 11.3 Å². The molecule has 4 heterocycles. The first-order valence-electron chi connectivity index (χ1n) is 8.16. The number of aromatic nitrogens is 5. The van der Waals surface area contributed by atoms with Gasteiger partial charge in [-0.05, 0) is 24.6 Å². The highest BCUT2D eigenvalue weighted by atomic mass is 16.3. The van der Waals surface area contributed by atoms with Crippen molar-refractivity contribution in [3.8, 4) is 11.3 Å². The van der Waals surface area contributed by atoms with Gasteiger partial charge in [0.25, 0.3) is 5.56 Å². The van der Waals surface area contributed by atoms with E-state index in [0.29, 0.717) is 25.5 Å². The van der Waals surface area contributed by atoms with Gasteiger partial charge < -0.3 is 10.0 Å². The van der Waals surface area contributed by atoms with Crippen LogP contribution in [0.3, 0.4) is 0 Å². The Kier molecular flexibility index (Phi) is 4.02. The summed E-state index contributed by atoms with van der Waals surface area (Å²) >= 11 is 0. The molecule has 0 spiro atoms. The van der Waals surface area contributed by atoms with E-state index in [2.05, 4.69) is 20.1 Å². The number of pyridine rings is 1. The summed E-state index contributed by atoms with van der Waals surface area (Å²) in [5, 5.41) is 12.1. The van der Waals surface area contributed by atoms with Crippen molar-refractivity contribution in [2.45, 2.75) is 19.5 Å². The van der Waals surface area contributed by atoms with E-state index < -0.39 is 0 Å². The summed E-state index contributed by atoms with van der Waals surface area (Å²) in [7, 11) is 0. The van der Waals surface area contributed by atoms with E-state index in [4.69, 9.17) is 5.11 Å². The van der Waals surface area contributed by atoms with Crippen molar-refractivity contribution >= 4 is 5.95 Å². The zero-order valence-corrected chi connectivity index (χ0v) is 13.6. The first-order valence-corrected chi connectivity index (χ1v) is 8.16. The molecule has 3 aromatic heterocycles. The van der Waals surface area contributed by atoms with Gasteiger partial charge in [0.05, 0.1) is 31.1 Å².